The van der Waals surface area contributed by atoms with E-state index < -0.39 is 17.6 Å². The maximum absolute atomic E-state index is 13.0. The van der Waals surface area contributed by atoms with Crippen LogP contribution in [0.4, 0.5) is 18.9 Å². The van der Waals surface area contributed by atoms with Crippen LogP contribution in [0.5, 0.6) is 0 Å². The van der Waals surface area contributed by atoms with Crippen molar-refractivity contribution in [3.05, 3.63) is 50.8 Å². The van der Waals surface area contributed by atoms with Gasteiger partial charge in [0.2, 0.25) is 0 Å². The van der Waals surface area contributed by atoms with E-state index in [9.17, 15) is 22.8 Å². The van der Waals surface area contributed by atoms with Crippen LogP contribution >= 0.6 is 15.9 Å². The lowest BCUT2D eigenvalue weighted by molar-refractivity contribution is -0.138. The number of hydrogen-bond acceptors (Lipinski definition) is 2. The van der Waals surface area contributed by atoms with E-state index in [1.54, 1.807) is 6.92 Å². The molecule has 0 bridgehead atoms. The molecule has 0 unspecified atom stereocenters. The molecular weight excluding hydrogens is 401 g/mol. The molecule has 25 heavy (non-hydrogen) atoms. The summed E-state index contributed by atoms with van der Waals surface area (Å²) in [7, 11) is 0. The zero-order chi connectivity index (χ0) is 18.4. The zero-order valence-electron chi connectivity index (χ0n) is 13.2. The Kier molecular flexibility index (Phi) is 4.49. The Labute approximate surface area is 149 Å². The number of amides is 1. The van der Waals surface area contributed by atoms with Crippen LogP contribution in [0, 0.1) is 6.92 Å². The van der Waals surface area contributed by atoms with E-state index in [0.717, 1.165) is 6.07 Å². The van der Waals surface area contributed by atoms with E-state index >= 15 is 0 Å². The highest BCUT2D eigenvalue weighted by molar-refractivity contribution is 9.10. The minimum absolute atomic E-state index is 0.0166. The van der Waals surface area contributed by atoms with Crippen LogP contribution in [-0.2, 0) is 12.6 Å². The predicted molar refractivity (Wildman–Crippen MR) is 89.9 cm³/mol. The number of aromatic nitrogens is 1. The summed E-state index contributed by atoms with van der Waals surface area (Å²) in [4.78, 5) is 27.4. The molecule has 1 amide bonds. The van der Waals surface area contributed by atoms with Crippen LogP contribution in [0.1, 0.15) is 50.5 Å². The summed E-state index contributed by atoms with van der Waals surface area (Å²) in [5, 5.41) is 2.46. The molecular formula is C17H14BrF3N2O2. The molecule has 1 aliphatic rings. The number of aryl methyl sites for hydroxylation is 1. The van der Waals surface area contributed by atoms with Gasteiger partial charge in [-0.25, -0.2) is 0 Å². The summed E-state index contributed by atoms with van der Waals surface area (Å²) in [5.74, 6) is -0.591. The molecule has 132 valence electrons. The highest BCUT2D eigenvalue weighted by atomic mass is 79.9. The molecule has 0 fully saturated rings. The van der Waals surface area contributed by atoms with E-state index in [1.165, 1.54) is 12.1 Å². The lowest BCUT2D eigenvalue weighted by Crippen LogP contribution is -2.15. The molecule has 0 spiro atoms. The third kappa shape index (κ3) is 3.35. The summed E-state index contributed by atoms with van der Waals surface area (Å²) in [5.41, 5.74) is 1.14. The van der Waals surface area contributed by atoms with Gasteiger partial charge in [-0.1, -0.05) is 15.9 Å². The first-order valence-electron chi connectivity index (χ1n) is 7.61. The number of halogens is 4. The monoisotopic (exact) mass is 414 g/mol. The number of ketones is 1. The average Bonchev–Trinajstić information content (AvgIpc) is 2.86. The molecule has 2 aromatic rings. The Morgan fingerprint density at radius 2 is 2.00 bits per heavy atom. The van der Waals surface area contributed by atoms with Crippen molar-refractivity contribution in [3.63, 3.8) is 0 Å². The summed E-state index contributed by atoms with van der Waals surface area (Å²) in [6.07, 6.45) is -2.71. The maximum atomic E-state index is 13.0. The summed E-state index contributed by atoms with van der Waals surface area (Å²) in [6, 6.07) is 3.47. The Hall–Kier alpha value is -2.09. The number of nitrogens with one attached hydrogen (secondary N) is 2. The van der Waals surface area contributed by atoms with Crippen molar-refractivity contribution < 1.29 is 22.8 Å². The second kappa shape index (κ2) is 6.33. The summed E-state index contributed by atoms with van der Waals surface area (Å²) >= 11 is 2.86. The normalized spacial score (nSPS) is 14.4. The number of Topliss-reactive ketones (excluding diaryl/α,β-unsaturated/α-hetero) is 1. The minimum atomic E-state index is -4.53. The van der Waals surface area contributed by atoms with E-state index in [4.69, 9.17) is 0 Å². The molecule has 0 aliphatic heterocycles. The van der Waals surface area contributed by atoms with Gasteiger partial charge < -0.3 is 10.3 Å². The van der Waals surface area contributed by atoms with Crippen LogP contribution in [0.15, 0.2) is 22.7 Å². The molecule has 8 heteroatoms. The number of carbonyl (C=O) groups is 2. The van der Waals surface area contributed by atoms with Gasteiger partial charge in [0.25, 0.3) is 5.91 Å². The zero-order valence-corrected chi connectivity index (χ0v) is 14.8. The van der Waals surface area contributed by atoms with Crippen molar-refractivity contribution >= 4 is 33.3 Å². The number of fused-ring (bicyclic) bond motifs is 1. The summed E-state index contributed by atoms with van der Waals surface area (Å²) in [6.45, 7) is 1.66. The third-order valence-corrected chi connectivity index (χ3v) is 4.89. The van der Waals surface area contributed by atoms with Crippen molar-refractivity contribution in [1.29, 1.82) is 0 Å². The molecule has 1 aromatic carbocycles. The van der Waals surface area contributed by atoms with E-state index in [-0.39, 0.29) is 21.6 Å². The van der Waals surface area contributed by atoms with Gasteiger partial charge in [-0.15, -0.1) is 0 Å². The molecule has 0 saturated carbocycles. The smallest absolute Gasteiger partial charge is 0.354 e. The number of alkyl halides is 3. The van der Waals surface area contributed by atoms with Gasteiger partial charge in [0.1, 0.15) is 5.69 Å². The molecule has 1 aliphatic carbocycles. The minimum Gasteiger partial charge on any atom is -0.354 e. The Morgan fingerprint density at radius 3 is 2.64 bits per heavy atom. The summed E-state index contributed by atoms with van der Waals surface area (Å²) < 4.78 is 38.8. The topological polar surface area (TPSA) is 62.0 Å². The van der Waals surface area contributed by atoms with Crippen molar-refractivity contribution in [2.75, 3.05) is 5.32 Å². The number of aromatic amines is 1. The number of rotatable bonds is 2. The van der Waals surface area contributed by atoms with Crippen molar-refractivity contribution in [1.82, 2.24) is 4.98 Å². The number of H-pyrrole nitrogens is 1. The van der Waals surface area contributed by atoms with Crippen LogP contribution in [0.2, 0.25) is 0 Å². The lowest BCUT2D eigenvalue weighted by atomic mass is 9.94. The second-order valence-electron chi connectivity index (χ2n) is 5.90. The number of hydrogen-bond donors (Lipinski definition) is 2. The lowest BCUT2D eigenvalue weighted by Gasteiger charge is -2.12. The van der Waals surface area contributed by atoms with Gasteiger partial charge in [-0.2, -0.15) is 13.2 Å². The van der Waals surface area contributed by atoms with Gasteiger partial charge in [0, 0.05) is 27.8 Å². The molecule has 3 rings (SSSR count). The molecule has 0 atom stereocenters. The number of carbonyl (C=O) groups excluding carboxylic acids is 2. The fourth-order valence-corrected chi connectivity index (χ4v) is 3.49. The molecule has 0 saturated heterocycles. The fraction of sp³-hybridized carbons (Fsp3) is 0.294. The van der Waals surface area contributed by atoms with Crippen LogP contribution < -0.4 is 5.32 Å². The molecule has 1 aromatic heterocycles. The van der Waals surface area contributed by atoms with Crippen molar-refractivity contribution in [3.8, 4) is 0 Å². The molecule has 2 N–H and O–H groups in total. The molecule has 4 nitrogen and oxygen atoms in total. The first kappa shape index (κ1) is 17.7. The number of benzene rings is 1. The highest BCUT2D eigenvalue weighted by Crippen LogP contribution is 2.36. The van der Waals surface area contributed by atoms with E-state index in [0.29, 0.717) is 36.1 Å². The Bertz CT molecular complexity index is 872. The quantitative estimate of drug-likeness (QED) is 0.735. The van der Waals surface area contributed by atoms with Crippen molar-refractivity contribution in [2.24, 2.45) is 0 Å². The number of anilines is 1. The standard InChI is InChI=1S/C17H14BrF3N2O2/c1-8-14-12(3-2-4-13(14)24)23-15(8)16(25)22-9-5-6-11(18)10(7-9)17(19,20)21/h5-7,23H,2-4H2,1H3,(H,22,25). The van der Waals surface area contributed by atoms with Crippen LogP contribution in [-0.4, -0.2) is 16.7 Å². The average molecular weight is 415 g/mol. The van der Waals surface area contributed by atoms with Gasteiger partial charge in [0.05, 0.1) is 5.56 Å². The van der Waals surface area contributed by atoms with Gasteiger partial charge in [-0.05, 0) is 43.5 Å². The maximum Gasteiger partial charge on any atom is 0.417 e. The predicted octanol–water partition coefficient (Wildman–Crippen LogP) is 4.88. The van der Waals surface area contributed by atoms with Gasteiger partial charge >= 0.3 is 6.18 Å². The van der Waals surface area contributed by atoms with Gasteiger partial charge in [0.15, 0.2) is 5.78 Å². The largest absolute Gasteiger partial charge is 0.417 e. The third-order valence-electron chi connectivity index (χ3n) is 4.19. The van der Waals surface area contributed by atoms with Crippen LogP contribution in [0.25, 0.3) is 0 Å². The highest BCUT2D eigenvalue weighted by Gasteiger charge is 2.33. The first-order valence-corrected chi connectivity index (χ1v) is 8.40. The van der Waals surface area contributed by atoms with Crippen molar-refractivity contribution in [2.45, 2.75) is 32.4 Å². The first-order chi connectivity index (χ1) is 11.7. The van der Waals surface area contributed by atoms with Gasteiger partial charge in [-0.3, -0.25) is 9.59 Å². The second-order valence-corrected chi connectivity index (χ2v) is 6.76. The SMILES string of the molecule is Cc1c(C(=O)Nc2ccc(Br)c(C(F)(F)F)c2)[nH]c2c1C(=O)CCC2. The van der Waals surface area contributed by atoms with E-state index in [2.05, 4.69) is 26.2 Å². The molecule has 1 heterocycles. The van der Waals surface area contributed by atoms with E-state index in [1.807, 2.05) is 0 Å². The molecule has 0 radical (unpaired) electrons. The fourth-order valence-electron chi connectivity index (χ4n) is 3.02. The Morgan fingerprint density at radius 1 is 1.28 bits per heavy atom. The van der Waals surface area contributed by atoms with Crippen LogP contribution in [0.3, 0.4) is 0 Å². The Balaban J connectivity index is 1.90.